The molecule has 0 N–H and O–H groups in total. The summed E-state index contributed by atoms with van der Waals surface area (Å²) in [5.74, 6) is -0.0843. The lowest BCUT2D eigenvalue weighted by Crippen LogP contribution is -2.02. The van der Waals surface area contributed by atoms with Crippen LogP contribution in [0.15, 0.2) is 16.6 Å². The molecule has 68 valence electrons. The fourth-order valence-electron chi connectivity index (χ4n) is 1.06. The van der Waals surface area contributed by atoms with Gasteiger partial charge < -0.3 is 0 Å². The number of hydrogen-bond donors (Lipinski definition) is 0. The zero-order chi connectivity index (χ0) is 10.0. The van der Waals surface area contributed by atoms with E-state index in [1.807, 2.05) is 28.7 Å². The van der Waals surface area contributed by atoms with Gasteiger partial charge in [0.05, 0.1) is 0 Å². The van der Waals surface area contributed by atoms with Crippen LogP contribution in [0.4, 0.5) is 0 Å². The molecule has 0 saturated carbocycles. The Bertz CT molecular complexity index is 374. The van der Waals surface area contributed by atoms with Crippen LogP contribution in [0.1, 0.15) is 27.6 Å². The molecule has 2 nitrogen and oxygen atoms in total. The first-order valence-corrected chi connectivity index (χ1v) is 5.38. The maximum Gasteiger partial charge on any atom is 0.161 e. The number of benzene rings is 1. The molecule has 1 aromatic rings. The molecule has 0 atom stereocenters. The van der Waals surface area contributed by atoms with E-state index >= 15 is 0 Å². The first-order valence-electron chi connectivity index (χ1n) is 3.51. The summed E-state index contributed by atoms with van der Waals surface area (Å²) in [6, 6.07) is 3.45. The van der Waals surface area contributed by atoms with Crippen molar-refractivity contribution in [2.24, 2.45) is 0 Å². The number of Topliss-reactive ketones (excluding diaryl/α,β-unsaturated/α-hetero) is 1. The summed E-state index contributed by atoms with van der Waals surface area (Å²) < 4.78 is 1.60. The predicted octanol–water partition coefficient (Wildman–Crippen LogP) is 3.07. The van der Waals surface area contributed by atoms with Crippen molar-refractivity contribution in [2.45, 2.75) is 6.92 Å². The van der Waals surface area contributed by atoms with Gasteiger partial charge in [0, 0.05) is 19.2 Å². The smallest absolute Gasteiger partial charge is 0.161 e. The van der Waals surface area contributed by atoms with E-state index in [4.69, 9.17) is 0 Å². The standard InChI is InChI=1S/C9H6BrIO2/c1-5(13)9-6(4-12)2-7(10)3-8(9)11/h2-4H,1H3. The van der Waals surface area contributed by atoms with Crippen molar-refractivity contribution in [1.29, 1.82) is 0 Å². The van der Waals surface area contributed by atoms with Gasteiger partial charge in [0.25, 0.3) is 0 Å². The summed E-state index contributed by atoms with van der Waals surface area (Å²) in [6.45, 7) is 1.46. The highest BCUT2D eigenvalue weighted by molar-refractivity contribution is 14.1. The summed E-state index contributed by atoms with van der Waals surface area (Å²) in [5, 5.41) is 0. The summed E-state index contributed by atoms with van der Waals surface area (Å²) in [7, 11) is 0. The third kappa shape index (κ3) is 2.37. The lowest BCUT2D eigenvalue weighted by atomic mass is 10.1. The van der Waals surface area contributed by atoms with Gasteiger partial charge in [-0.2, -0.15) is 0 Å². The second kappa shape index (κ2) is 4.32. The van der Waals surface area contributed by atoms with Crippen molar-refractivity contribution in [3.8, 4) is 0 Å². The monoisotopic (exact) mass is 352 g/mol. The molecule has 0 radical (unpaired) electrons. The molecule has 0 saturated heterocycles. The van der Waals surface area contributed by atoms with Crippen molar-refractivity contribution in [3.05, 3.63) is 31.3 Å². The molecule has 0 aliphatic rings. The summed E-state index contributed by atoms with van der Waals surface area (Å²) in [6.07, 6.45) is 0.698. The second-order valence-corrected chi connectivity index (χ2v) is 4.60. The molecule has 0 amide bonds. The van der Waals surface area contributed by atoms with E-state index in [0.29, 0.717) is 17.4 Å². The van der Waals surface area contributed by atoms with Gasteiger partial charge >= 0.3 is 0 Å². The molecular weight excluding hydrogens is 347 g/mol. The Morgan fingerprint density at radius 3 is 2.62 bits per heavy atom. The third-order valence-corrected chi connectivity index (χ3v) is 2.87. The second-order valence-electron chi connectivity index (χ2n) is 2.53. The van der Waals surface area contributed by atoms with Gasteiger partial charge in [0.1, 0.15) is 0 Å². The quantitative estimate of drug-likeness (QED) is 0.465. The zero-order valence-corrected chi connectivity index (χ0v) is 10.5. The number of halogens is 2. The fourth-order valence-corrected chi connectivity index (χ4v) is 2.99. The van der Waals surface area contributed by atoms with Crippen LogP contribution in [0.5, 0.6) is 0 Å². The minimum Gasteiger partial charge on any atom is -0.298 e. The molecule has 4 heteroatoms. The maximum absolute atomic E-state index is 11.2. The van der Waals surface area contributed by atoms with Crippen LogP contribution in [0.3, 0.4) is 0 Å². The van der Waals surface area contributed by atoms with Gasteiger partial charge in [-0.3, -0.25) is 9.59 Å². The largest absolute Gasteiger partial charge is 0.298 e. The number of carbonyl (C=O) groups is 2. The van der Waals surface area contributed by atoms with E-state index in [1.165, 1.54) is 6.92 Å². The van der Waals surface area contributed by atoms with Crippen molar-refractivity contribution in [3.63, 3.8) is 0 Å². The highest BCUT2D eigenvalue weighted by atomic mass is 127. The number of aldehydes is 1. The Labute approximate surface area is 98.0 Å². The Morgan fingerprint density at radius 2 is 2.15 bits per heavy atom. The molecule has 0 spiro atoms. The maximum atomic E-state index is 11.2. The molecule has 0 fully saturated rings. The number of hydrogen-bond acceptors (Lipinski definition) is 2. The molecule has 0 heterocycles. The average molecular weight is 353 g/mol. The van der Waals surface area contributed by atoms with Crippen molar-refractivity contribution >= 4 is 50.6 Å². The highest BCUT2D eigenvalue weighted by Crippen LogP contribution is 2.22. The van der Waals surface area contributed by atoms with Crippen molar-refractivity contribution < 1.29 is 9.59 Å². The van der Waals surface area contributed by atoms with Crippen LogP contribution in [0.2, 0.25) is 0 Å². The number of carbonyl (C=O) groups excluding carboxylic acids is 2. The van der Waals surface area contributed by atoms with Gasteiger partial charge in [-0.25, -0.2) is 0 Å². The lowest BCUT2D eigenvalue weighted by Gasteiger charge is -2.04. The number of rotatable bonds is 2. The third-order valence-electron chi connectivity index (χ3n) is 1.56. The van der Waals surface area contributed by atoms with Crippen LogP contribution < -0.4 is 0 Å². The van der Waals surface area contributed by atoms with E-state index in [9.17, 15) is 9.59 Å². The van der Waals surface area contributed by atoms with Crippen LogP contribution in [-0.4, -0.2) is 12.1 Å². The first-order chi connectivity index (χ1) is 6.06. The van der Waals surface area contributed by atoms with Gasteiger partial charge in [0.15, 0.2) is 12.1 Å². The number of ketones is 1. The van der Waals surface area contributed by atoms with Gasteiger partial charge in [-0.1, -0.05) is 15.9 Å². The molecule has 0 aliphatic carbocycles. The molecule has 0 unspecified atom stereocenters. The van der Waals surface area contributed by atoms with E-state index in [2.05, 4.69) is 15.9 Å². The first kappa shape index (κ1) is 10.8. The molecule has 0 aliphatic heterocycles. The Hall–Kier alpha value is -0.230. The summed E-state index contributed by atoms with van der Waals surface area (Å²) >= 11 is 5.30. The summed E-state index contributed by atoms with van der Waals surface area (Å²) in [4.78, 5) is 21.8. The topological polar surface area (TPSA) is 34.1 Å². The average Bonchev–Trinajstić information content (AvgIpc) is 2.01. The van der Waals surface area contributed by atoms with Crippen LogP contribution in [0.25, 0.3) is 0 Å². The summed E-state index contributed by atoms with van der Waals surface area (Å²) in [5.41, 5.74) is 0.935. The van der Waals surface area contributed by atoms with Gasteiger partial charge in [-0.15, -0.1) is 0 Å². The van der Waals surface area contributed by atoms with E-state index in [1.54, 1.807) is 6.07 Å². The van der Waals surface area contributed by atoms with Crippen LogP contribution >= 0.6 is 38.5 Å². The normalized spacial score (nSPS) is 9.77. The van der Waals surface area contributed by atoms with Gasteiger partial charge in [-0.05, 0) is 41.6 Å². The lowest BCUT2D eigenvalue weighted by molar-refractivity contribution is 0.100. The molecule has 0 aromatic heterocycles. The van der Waals surface area contributed by atoms with E-state index in [-0.39, 0.29) is 5.78 Å². The molecule has 13 heavy (non-hydrogen) atoms. The Morgan fingerprint density at radius 1 is 1.54 bits per heavy atom. The minimum atomic E-state index is -0.0843. The molecular formula is C9H6BrIO2. The predicted molar refractivity (Wildman–Crippen MR) is 62.3 cm³/mol. The van der Waals surface area contributed by atoms with Crippen LogP contribution in [0, 0.1) is 3.57 Å². The highest BCUT2D eigenvalue weighted by Gasteiger charge is 2.11. The minimum absolute atomic E-state index is 0.0843. The van der Waals surface area contributed by atoms with E-state index in [0.717, 1.165) is 8.04 Å². The molecule has 1 aromatic carbocycles. The molecule has 0 bridgehead atoms. The SMILES string of the molecule is CC(=O)c1c(I)cc(Br)cc1C=O. The Balaban J connectivity index is 3.47. The molecule has 1 rings (SSSR count). The zero-order valence-electron chi connectivity index (χ0n) is 6.80. The van der Waals surface area contributed by atoms with Crippen molar-refractivity contribution in [1.82, 2.24) is 0 Å². The van der Waals surface area contributed by atoms with E-state index < -0.39 is 0 Å². The van der Waals surface area contributed by atoms with Crippen molar-refractivity contribution in [2.75, 3.05) is 0 Å². The van der Waals surface area contributed by atoms with Crippen LogP contribution in [-0.2, 0) is 0 Å². The Kier molecular flexibility index (Phi) is 3.61. The van der Waals surface area contributed by atoms with Gasteiger partial charge in [0.2, 0.25) is 0 Å². The fraction of sp³-hybridized carbons (Fsp3) is 0.111.